The summed E-state index contributed by atoms with van der Waals surface area (Å²) in [6.07, 6.45) is -14.2. The molecule has 4 amide bonds. The van der Waals surface area contributed by atoms with E-state index in [0.29, 0.717) is 9.80 Å². The topological polar surface area (TPSA) is 260 Å². The summed E-state index contributed by atoms with van der Waals surface area (Å²) in [6, 6.07) is 7.81. The van der Waals surface area contributed by atoms with Crippen LogP contribution in [-0.4, -0.2) is 150 Å². The fourth-order valence-corrected chi connectivity index (χ4v) is 7.71. The Hall–Kier alpha value is -6.42. The van der Waals surface area contributed by atoms with Gasteiger partial charge in [0, 0.05) is 34.6 Å². The zero-order valence-electron chi connectivity index (χ0n) is 34.2. The van der Waals surface area contributed by atoms with E-state index in [-0.39, 0.29) is 22.3 Å². The number of benzene rings is 2. The molecule has 10 atom stereocenters. The highest BCUT2D eigenvalue weighted by molar-refractivity contribution is 6.22. The predicted molar refractivity (Wildman–Crippen MR) is 200 cm³/mol. The maximum Gasteiger partial charge on any atom is 0.303 e. The summed E-state index contributed by atoms with van der Waals surface area (Å²) in [5.74, 6) is -8.76. The summed E-state index contributed by atoms with van der Waals surface area (Å²) in [4.78, 5) is 133. The molecule has 0 aromatic heterocycles. The second kappa shape index (κ2) is 18.7. The zero-order valence-corrected chi connectivity index (χ0v) is 34.2. The van der Waals surface area contributed by atoms with Crippen molar-refractivity contribution in [2.45, 2.75) is 103 Å². The maximum atomic E-state index is 14.2. The molecule has 6 rings (SSSR count). The first kappa shape index (κ1) is 45.1. The summed E-state index contributed by atoms with van der Waals surface area (Å²) >= 11 is 0. The number of hydrogen-bond donors (Lipinski definition) is 0. The van der Waals surface area contributed by atoms with Gasteiger partial charge in [-0.25, -0.2) is 0 Å². The number of carbonyl (C=O) groups excluding carboxylic acids is 10. The van der Waals surface area contributed by atoms with E-state index in [9.17, 15) is 47.9 Å². The van der Waals surface area contributed by atoms with Gasteiger partial charge in [0.05, 0.1) is 22.3 Å². The third-order valence-corrected chi connectivity index (χ3v) is 10.0. The third-order valence-electron chi connectivity index (χ3n) is 10.0. The average Bonchev–Trinajstić information content (AvgIpc) is 3.60. The fraction of sp³-hybridized carbons (Fsp3) is 0.463. The molecule has 2 aromatic carbocycles. The number of ketones is 1. The van der Waals surface area contributed by atoms with Crippen LogP contribution < -0.4 is 0 Å². The summed E-state index contributed by atoms with van der Waals surface area (Å²) in [6.45, 7) is 4.26. The molecule has 0 N–H and O–H groups in total. The quantitative estimate of drug-likeness (QED) is 0.144. The minimum Gasteiger partial charge on any atom is -0.463 e. The summed E-state index contributed by atoms with van der Waals surface area (Å²) < 4.78 is 52.7. The highest BCUT2D eigenvalue weighted by atomic mass is 16.7. The molecule has 2 saturated heterocycles. The van der Waals surface area contributed by atoms with Crippen molar-refractivity contribution in [3.8, 4) is 0 Å². The van der Waals surface area contributed by atoms with Crippen molar-refractivity contribution in [1.82, 2.24) is 9.80 Å². The van der Waals surface area contributed by atoms with Crippen molar-refractivity contribution in [3.05, 3.63) is 70.8 Å². The fourth-order valence-electron chi connectivity index (χ4n) is 7.71. The predicted octanol–water partition coefficient (Wildman–Crippen LogP) is 0.678. The first-order valence-corrected chi connectivity index (χ1v) is 19.2. The van der Waals surface area contributed by atoms with Gasteiger partial charge >= 0.3 is 29.8 Å². The first-order valence-electron chi connectivity index (χ1n) is 19.2. The first-order chi connectivity index (χ1) is 29.4. The van der Waals surface area contributed by atoms with Crippen molar-refractivity contribution in [1.29, 1.82) is 0 Å². The van der Waals surface area contributed by atoms with Crippen LogP contribution in [0.2, 0.25) is 0 Å². The Kier molecular flexibility index (Phi) is 13.6. The van der Waals surface area contributed by atoms with Gasteiger partial charge in [-0.2, -0.15) is 0 Å². The van der Waals surface area contributed by atoms with Gasteiger partial charge in [0.15, 0.2) is 36.7 Å². The van der Waals surface area contributed by atoms with Crippen LogP contribution in [0.1, 0.15) is 83.0 Å². The minimum atomic E-state index is -2.04. The van der Waals surface area contributed by atoms with Crippen LogP contribution >= 0.6 is 0 Å². The molecule has 0 radical (unpaired) electrons. The highest BCUT2D eigenvalue weighted by Gasteiger charge is 2.61. The molecule has 4 heterocycles. The van der Waals surface area contributed by atoms with Crippen LogP contribution in [0.15, 0.2) is 48.5 Å². The van der Waals surface area contributed by atoms with Gasteiger partial charge < -0.3 is 42.6 Å². The standard InChI is InChI=1S/C41H42N2O19/c1-18(44)15-56-40-30(42-36(50)24-11-7-8-12-25(24)37(42)51)34(58-22(5)48)33(29(60-40)17-55-20(3)46)62-41-31(43-38(52)26-13-9-10-14-27(26)39(43)53)35(59-23(6)49)32(57-21(4)47)28(61-41)16-54-19(2)45/h7-14,28-35,40-41H,15-17H2,1-6H3/t28-,29-,30-,31-,32-,33-,34+,35+,40-,41+/m1/s1. The lowest BCUT2D eigenvalue weighted by Gasteiger charge is -2.51. The second-order valence-electron chi connectivity index (χ2n) is 14.6. The molecule has 0 bridgehead atoms. The van der Waals surface area contributed by atoms with E-state index in [2.05, 4.69) is 0 Å². The lowest BCUT2D eigenvalue weighted by atomic mass is 9.92. The molecule has 2 fully saturated rings. The Bertz CT molecular complexity index is 2120. The van der Waals surface area contributed by atoms with Crippen molar-refractivity contribution >= 4 is 59.3 Å². The molecule has 2 aromatic rings. The number of rotatable bonds is 14. The molecule has 62 heavy (non-hydrogen) atoms. The lowest BCUT2D eigenvalue weighted by Crippen LogP contribution is -2.71. The number of hydrogen-bond acceptors (Lipinski definition) is 19. The molecule has 21 heteroatoms. The van der Waals surface area contributed by atoms with Gasteiger partial charge in [-0.3, -0.25) is 57.7 Å². The van der Waals surface area contributed by atoms with Crippen LogP contribution in [0.5, 0.6) is 0 Å². The monoisotopic (exact) mass is 866 g/mol. The van der Waals surface area contributed by atoms with Crippen molar-refractivity contribution in [2.75, 3.05) is 19.8 Å². The number of fused-ring (bicyclic) bond motifs is 2. The Balaban J connectivity index is 1.54. The molecule has 0 spiro atoms. The molecule has 21 nitrogen and oxygen atoms in total. The summed E-state index contributed by atoms with van der Waals surface area (Å²) in [7, 11) is 0. The molecule has 4 aliphatic rings. The number of nitrogens with zero attached hydrogens (tertiary/aromatic N) is 2. The zero-order chi connectivity index (χ0) is 45.2. The minimum absolute atomic E-state index is 0.0424. The summed E-state index contributed by atoms with van der Waals surface area (Å²) in [5.41, 5.74) is -0.239. The van der Waals surface area contributed by atoms with E-state index in [1.807, 2.05) is 0 Å². The van der Waals surface area contributed by atoms with Gasteiger partial charge in [0.25, 0.3) is 23.6 Å². The smallest absolute Gasteiger partial charge is 0.303 e. The molecule has 330 valence electrons. The number of amides is 4. The SMILES string of the molecule is CC(=O)CO[C@@H]1O[C@H](COC(C)=O)[C@@H](O[C@@H]2O[C@H](COC(C)=O)[C@@H](OC(C)=O)[C@@H](OC(C)=O)[C@H]2N2C(=O)c3ccccc3C2=O)[C@@H](OC(C)=O)[C@H]1N1C(=O)c2ccccc2C1=O. The second-order valence-corrected chi connectivity index (χ2v) is 14.6. The Morgan fingerprint density at radius 1 is 0.500 bits per heavy atom. The van der Waals surface area contributed by atoms with Gasteiger partial charge in [-0.05, 0) is 31.2 Å². The molecular formula is C41H42N2O19. The van der Waals surface area contributed by atoms with Gasteiger partial charge in [-0.1, -0.05) is 24.3 Å². The number of imide groups is 2. The molecule has 0 unspecified atom stereocenters. The largest absolute Gasteiger partial charge is 0.463 e. The third kappa shape index (κ3) is 9.25. The average molecular weight is 867 g/mol. The lowest BCUT2D eigenvalue weighted by molar-refractivity contribution is -0.341. The van der Waals surface area contributed by atoms with E-state index in [1.165, 1.54) is 55.5 Å². The van der Waals surface area contributed by atoms with E-state index < -0.39 is 140 Å². The number of carbonyl (C=O) groups is 10. The number of ether oxygens (including phenoxy) is 9. The van der Waals surface area contributed by atoms with E-state index >= 15 is 0 Å². The van der Waals surface area contributed by atoms with Crippen LogP contribution in [0, 0.1) is 0 Å². The van der Waals surface area contributed by atoms with Gasteiger partial charge in [0.1, 0.15) is 50.2 Å². The Labute approximate surface area is 352 Å². The van der Waals surface area contributed by atoms with Gasteiger partial charge in [0.2, 0.25) is 0 Å². The Morgan fingerprint density at radius 2 is 0.855 bits per heavy atom. The van der Waals surface area contributed by atoms with Crippen molar-refractivity contribution in [3.63, 3.8) is 0 Å². The summed E-state index contributed by atoms with van der Waals surface area (Å²) in [5, 5.41) is 0. The molecule has 4 aliphatic heterocycles. The number of Topliss-reactive ketones (excluding diaryl/α,β-unsaturated/α-hetero) is 1. The Morgan fingerprint density at radius 3 is 1.24 bits per heavy atom. The molecule has 0 aliphatic carbocycles. The maximum absolute atomic E-state index is 14.2. The van der Waals surface area contributed by atoms with Crippen LogP contribution in [0.4, 0.5) is 0 Å². The number of esters is 5. The molecular weight excluding hydrogens is 824 g/mol. The van der Waals surface area contributed by atoms with Crippen LogP contribution in [-0.2, 0) is 71.4 Å². The molecule has 0 saturated carbocycles. The van der Waals surface area contributed by atoms with Crippen molar-refractivity contribution in [2.24, 2.45) is 0 Å². The van der Waals surface area contributed by atoms with Crippen LogP contribution in [0.3, 0.4) is 0 Å². The van der Waals surface area contributed by atoms with E-state index in [1.54, 1.807) is 0 Å². The van der Waals surface area contributed by atoms with E-state index in [0.717, 1.165) is 34.6 Å². The van der Waals surface area contributed by atoms with Crippen LogP contribution in [0.25, 0.3) is 0 Å². The van der Waals surface area contributed by atoms with Gasteiger partial charge in [-0.15, -0.1) is 0 Å². The van der Waals surface area contributed by atoms with Crippen molar-refractivity contribution < 1.29 is 90.6 Å². The normalized spacial score (nSPS) is 27.8. The highest BCUT2D eigenvalue weighted by Crippen LogP contribution is 2.40. The van der Waals surface area contributed by atoms with E-state index in [4.69, 9.17) is 42.6 Å².